The van der Waals surface area contributed by atoms with Crippen molar-refractivity contribution in [1.29, 1.82) is 5.26 Å². The van der Waals surface area contributed by atoms with Crippen LogP contribution in [0.3, 0.4) is 0 Å². The van der Waals surface area contributed by atoms with Gasteiger partial charge in [-0.05, 0) is 12.1 Å². The van der Waals surface area contributed by atoms with Gasteiger partial charge in [-0.15, -0.1) is 0 Å². The van der Waals surface area contributed by atoms with Gasteiger partial charge in [-0.25, -0.2) is 12.8 Å². The van der Waals surface area contributed by atoms with Gasteiger partial charge < -0.3 is 0 Å². The van der Waals surface area contributed by atoms with Gasteiger partial charge in [0.15, 0.2) is 0 Å². The van der Waals surface area contributed by atoms with E-state index in [9.17, 15) is 12.8 Å². The zero-order valence-electron chi connectivity index (χ0n) is 8.64. The van der Waals surface area contributed by atoms with Gasteiger partial charge in [-0.3, -0.25) is 4.84 Å². The molecule has 0 bridgehead atoms. The van der Waals surface area contributed by atoms with Gasteiger partial charge in [0.1, 0.15) is 22.3 Å². The summed E-state index contributed by atoms with van der Waals surface area (Å²) in [4.78, 5) is 4.10. The first-order valence-corrected chi connectivity index (χ1v) is 5.60. The van der Waals surface area contributed by atoms with Crippen LogP contribution in [-0.2, 0) is 14.9 Å². The molecule has 0 saturated heterocycles. The maximum absolute atomic E-state index is 13.2. The van der Waals surface area contributed by atoms with Crippen LogP contribution in [0.2, 0.25) is 0 Å². The molecule has 7 heteroatoms. The van der Waals surface area contributed by atoms with Gasteiger partial charge in [0, 0.05) is 7.05 Å². The predicted molar refractivity (Wildman–Crippen MR) is 53.1 cm³/mol. The van der Waals surface area contributed by atoms with Crippen LogP contribution in [0.15, 0.2) is 23.1 Å². The molecule has 16 heavy (non-hydrogen) atoms. The number of benzene rings is 1. The molecule has 1 aromatic rings. The third kappa shape index (κ3) is 2.04. The average Bonchev–Trinajstić information content (AvgIpc) is 2.27. The number of halogens is 1. The topological polar surface area (TPSA) is 70.4 Å². The lowest BCUT2D eigenvalue weighted by molar-refractivity contribution is -0.0258. The van der Waals surface area contributed by atoms with E-state index in [1.165, 1.54) is 12.1 Å². The smallest absolute Gasteiger partial charge is 0.266 e. The largest absolute Gasteiger partial charge is 0.288 e. The van der Waals surface area contributed by atoms with Gasteiger partial charge >= 0.3 is 0 Å². The highest BCUT2D eigenvalue weighted by Gasteiger charge is 2.25. The first kappa shape index (κ1) is 12.6. The number of nitrogens with zero attached hydrogens (tertiary/aromatic N) is 2. The normalized spacial score (nSPS) is 11.4. The van der Waals surface area contributed by atoms with Gasteiger partial charge in [0.25, 0.3) is 10.0 Å². The summed E-state index contributed by atoms with van der Waals surface area (Å²) >= 11 is 0. The molecule has 1 aromatic carbocycles. The Morgan fingerprint density at radius 3 is 2.62 bits per heavy atom. The molecule has 0 saturated carbocycles. The Morgan fingerprint density at radius 2 is 2.12 bits per heavy atom. The van der Waals surface area contributed by atoms with Gasteiger partial charge in [0.2, 0.25) is 0 Å². The summed E-state index contributed by atoms with van der Waals surface area (Å²) in [5.74, 6) is -0.881. The lowest BCUT2D eigenvalue weighted by atomic mass is 10.2. The van der Waals surface area contributed by atoms with E-state index in [0.29, 0.717) is 4.47 Å². The third-order valence-electron chi connectivity index (χ3n) is 1.96. The van der Waals surface area contributed by atoms with E-state index in [4.69, 9.17) is 5.26 Å². The molecule has 0 unspecified atom stereocenters. The van der Waals surface area contributed by atoms with E-state index < -0.39 is 26.3 Å². The van der Waals surface area contributed by atoms with Crippen molar-refractivity contribution in [3.8, 4) is 6.07 Å². The molecule has 5 nitrogen and oxygen atoms in total. The predicted octanol–water partition coefficient (Wildman–Crippen LogP) is 0.879. The van der Waals surface area contributed by atoms with Crippen molar-refractivity contribution in [2.45, 2.75) is 4.90 Å². The van der Waals surface area contributed by atoms with Crippen molar-refractivity contribution in [2.75, 3.05) is 14.2 Å². The zero-order chi connectivity index (χ0) is 12.3. The molecule has 86 valence electrons. The fourth-order valence-corrected chi connectivity index (χ4v) is 2.19. The number of rotatable bonds is 3. The highest BCUT2D eigenvalue weighted by atomic mass is 32.2. The number of sulfonamides is 1. The van der Waals surface area contributed by atoms with Crippen LogP contribution in [0.5, 0.6) is 0 Å². The monoisotopic (exact) mass is 244 g/mol. The van der Waals surface area contributed by atoms with Crippen LogP contribution in [0, 0.1) is 17.1 Å². The Morgan fingerprint density at radius 1 is 1.50 bits per heavy atom. The number of hydrogen-bond donors (Lipinski definition) is 0. The summed E-state index contributed by atoms with van der Waals surface area (Å²) in [7, 11) is -1.70. The molecule has 0 aromatic heterocycles. The zero-order valence-corrected chi connectivity index (χ0v) is 9.45. The van der Waals surface area contributed by atoms with E-state index in [0.717, 1.165) is 26.3 Å². The van der Waals surface area contributed by atoms with E-state index in [2.05, 4.69) is 4.84 Å². The molecule has 0 aliphatic rings. The van der Waals surface area contributed by atoms with Crippen molar-refractivity contribution >= 4 is 10.0 Å². The quantitative estimate of drug-likeness (QED) is 0.740. The molecule has 1 rings (SSSR count). The molecule has 0 spiro atoms. The highest BCUT2D eigenvalue weighted by Crippen LogP contribution is 2.20. The Kier molecular flexibility index (Phi) is 3.59. The second-order valence-corrected chi connectivity index (χ2v) is 4.73. The summed E-state index contributed by atoms with van der Waals surface area (Å²) in [6, 6.07) is 4.89. The number of hydroxylamine groups is 1. The van der Waals surface area contributed by atoms with Crippen molar-refractivity contribution < 1.29 is 17.6 Å². The molecule has 0 aliphatic carbocycles. The van der Waals surface area contributed by atoms with Crippen LogP contribution in [0.4, 0.5) is 4.39 Å². The molecular weight excluding hydrogens is 235 g/mol. The SMILES string of the molecule is CON(C)S(=O)(=O)c1cccc(F)c1C#N. The molecule has 0 fully saturated rings. The van der Waals surface area contributed by atoms with Crippen LogP contribution in [-0.4, -0.2) is 27.0 Å². The summed E-state index contributed by atoms with van der Waals surface area (Å²) in [5.41, 5.74) is -0.522. The maximum Gasteiger partial charge on any atom is 0.266 e. The molecular formula is C9H9FN2O3S. The Balaban J connectivity index is 3.47. The number of hydrogen-bond acceptors (Lipinski definition) is 4. The molecule has 0 radical (unpaired) electrons. The maximum atomic E-state index is 13.2. The first-order valence-electron chi connectivity index (χ1n) is 4.16. The standard InChI is InChI=1S/C9H9FN2O3S/c1-12(15-2)16(13,14)9-5-3-4-8(10)7(9)6-11/h3-5H,1-2H3. The Bertz CT molecular complexity index is 536. The van der Waals surface area contributed by atoms with Crippen molar-refractivity contribution in [1.82, 2.24) is 4.47 Å². The van der Waals surface area contributed by atoms with Gasteiger partial charge in [0.05, 0.1) is 7.11 Å². The van der Waals surface area contributed by atoms with Crippen molar-refractivity contribution in [2.24, 2.45) is 0 Å². The first-order chi connectivity index (χ1) is 7.45. The van der Waals surface area contributed by atoms with E-state index in [1.807, 2.05) is 0 Å². The summed E-state index contributed by atoms with van der Waals surface area (Å²) in [5, 5.41) is 8.70. The van der Waals surface area contributed by atoms with Gasteiger partial charge in [-0.1, -0.05) is 10.5 Å². The van der Waals surface area contributed by atoms with E-state index in [1.54, 1.807) is 0 Å². The lowest BCUT2D eigenvalue weighted by Gasteiger charge is -2.14. The van der Waals surface area contributed by atoms with E-state index >= 15 is 0 Å². The third-order valence-corrected chi connectivity index (χ3v) is 3.68. The van der Waals surface area contributed by atoms with Crippen LogP contribution >= 0.6 is 0 Å². The average molecular weight is 244 g/mol. The fraction of sp³-hybridized carbons (Fsp3) is 0.222. The fourth-order valence-electron chi connectivity index (χ4n) is 1.06. The summed E-state index contributed by atoms with van der Waals surface area (Å²) < 4.78 is 37.3. The minimum absolute atomic E-state index is 0.417. The van der Waals surface area contributed by atoms with Crippen molar-refractivity contribution in [3.05, 3.63) is 29.6 Å². The van der Waals surface area contributed by atoms with Gasteiger partial charge in [-0.2, -0.15) is 5.26 Å². The second-order valence-electron chi connectivity index (χ2n) is 2.82. The van der Waals surface area contributed by atoms with Crippen LogP contribution in [0.25, 0.3) is 0 Å². The molecule has 0 N–H and O–H groups in total. The molecule has 0 amide bonds. The number of nitriles is 1. The van der Waals surface area contributed by atoms with Crippen LogP contribution < -0.4 is 0 Å². The Labute approximate surface area is 92.7 Å². The summed E-state index contributed by atoms with van der Waals surface area (Å²) in [6.07, 6.45) is 0. The second kappa shape index (κ2) is 4.57. The minimum Gasteiger partial charge on any atom is -0.288 e. The molecule has 0 aliphatic heterocycles. The molecule has 0 heterocycles. The molecule has 0 atom stereocenters. The van der Waals surface area contributed by atoms with E-state index in [-0.39, 0.29) is 0 Å². The Hall–Kier alpha value is -1.49. The van der Waals surface area contributed by atoms with Crippen molar-refractivity contribution in [3.63, 3.8) is 0 Å². The minimum atomic E-state index is -4.01. The summed E-state index contributed by atoms with van der Waals surface area (Å²) in [6.45, 7) is 0. The highest BCUT2D eigenvalue weighted by molar-refractivity contribution is 7.89. The van der Waals surface area contributed by atoms with Crippen LogP contribution in [0.1, 0.15) is 5.56 Å². The lowest BCUT2D eigenvalue weighted by Crippen LogP contribution is -2.26.